The average Bonchev–Trinajstić information content (AvgIpc) is 2.68. The maximum absolute atomic E-state index is 12.2. The second-order valence-electron chi connectivity index (χ2n) is 5.12. The molecule has 102 valence electrons. The van der Waals surface area contributed by atoms with E-state index in [9.17, 15) is 9.59 Å². The number of anilines is 1. The van der Waals surface area contributed by atoms with Gasteiger partial charge in [-0.25, -0.2) is 0 Å². The summed E-state index contributed by atoms with van der Waals surface area (Å²) in [6.07, 6.45) is 0.550. The normalized spacial score (nSPS) is 19.0. The van der Waals surface area contributed by atoms with Crippen LogP contribution in [0.1, 0.15) is 24.5 Å². The third kappa shape index (κ3) is 3.18. The van der Waals surface area contributed by atoms with Crippen LogP contribution in [0.4, 0.5) is 5.69 Å². The standard InChI is InChI=1S/C15H19NO2S/c1-10-5-4-6-11(2)15(10)16-8-13(7-14(16)18)9-19-12(3)17/h4-6,13H,7-9H2,1-3H3. The maximum Gasteiger partial charge on any atom is 0.227 e. The van der Waals surface area contributed by atoms with Gasteiger partial charge in [0.2, 0.25) is 5.91 Å². The van der Waals surface area contributed by atoms with E-state index in [4.69, 9.17) is 0 Å². The molecule has 1 aliphatic heterocycles. The Morgan fingerprint density at radius 3 is 2.58 bits per heavy atom. The molecule has 4 heteroatoms. The zero-order chi connectivity index (χ0) is 14.0. The van der Waals surface area contributed by atoms with Crippen molar-refractivity contribution < 1.29 is 9.59 Å². The van der Waals surface area contributed by atoms with Crippen molar-refractivity contribution in [3.63, 3.8) is 0 Å². The van der Waals surface area contributed by atoms with E-state index in [0.717, 1.165) is 29.1 Å². The summed E-state index contributed by atoms with van der Waals surface area (Å²) in [5.41, 5.74) is 3.31. The first-order chi connectivity index (χ1) is 8.99. The summed E-state index contributed by atoms with van der Waals surface area (Å²) in [5, 5.41) is 0.123. The molecule has 1 aromatic carbocycles. The van der Waals surface area contributed by atoms with E-state index in [1.54, 1.807) is 6.92 Å². The Morgan fingerprint density at radius 2 is 2.00 bits per heavy atom. The molecule has 0 N–H and O–H groups in total. The van der Waals surface area contributed by atoms with Crippen molar-refractivity contribution in [3.05, 3.63) is 29.3 Å². The van der Waals surface area contributed by atoms with Gasteiger partial charge >= 0.3 is 0 Å². The van der Waals surface area contributed by atoms with Crippen LogP contribution < -0.4 is 4.90 Å². The van der Waals surface area contributed by atoms with Crippen LogP contribution in [0.2, 0.25) is 0 Å². The lowest BCUT2D eigenvalue weighted by Gasteiger charge is -2.21. The molecule has 1 atom stereocenters. The molecule has 0 radical (unpaired) electrons. The van der Waals surface area contributed by atoms with Crippen LogP contribution in [0.15, 0.2) is 18.2 Å². The van der Waals surface area contributed by atoms with Crippen molar-refractivity contribution in [2.75, 3.05) is 17.2 Å². The highest BCUT2D eigenvalue weighted by molar-refractivity contribution is 8.13. The Morgan fingerprint density at radius 1 is 1.37 bits per heavy atom. The number of aryl methyl sites for hydroxylation is 2. The number of carbonyl (C=O) groups is 2. The predicted octanol–water partition coefficient (Wildman–Crippen LogP) is 2.94. The summed E-state index contributed by atoms with van der Waals surface area (Å²) in [4.78, 5) is 25.1. The van der Waals surface area contributed by atoms with Crippen molar-refractivity contribution in [1.29, 1.82) is 0 Å². The fourth-order valence-electron chi connectivity index (χ4n) is 2.58. The van der Waals surface area contributed by atoms with Crippen molar-refractivity contribution >= 4 is 28.5 Å². The van der Waals surface area contributed by atoms with Gasteiger partial charge in [0.05, 0.1) is 0 Å². The van der Waals surface area contributed by atoms with Gasteiger partial charge in [0.15, 0.2) is 5.12 Å². The van der Waals surface area contributed by atoms with E-state index >= 15 is 0 Å². The van der Waals surface area contributed by atoms with Crippen LogP contribution in [-0.4, -0.2) is 23.3 Å². The Labute approximate surface area is 118 Å². The molecule has 0 aromatic heterocycles. The average molecular weight is 277 g/mol. The van der Waals surface area contributed by atoms with Gasteiger partial charge in [-0.1, -0.05) is 30.0 Å². The van der Waals surface area contributed by atoms with Crippen LogP contribution in [0, 0.1) is 19.8 Å². The molecule has 1 aliphatic rings. The summed E-state index contributed by atoms with van der Waals surface area (Å²) >= 11 is 1.32. The smallest absolute Gasteiger partial charge is 0.227 e. The van der Waals surface area contributed by atoms with E-state index in [0.29, 0.717) is 6.42 Å². The van der Waals surface area contributed by atoms with Gasteiger partial charge in [-0.3, -0.25) is 9.59 Å². The van der Waals surface area contributed by atoms with Crippen LogP contribution in [0.5, 0.6) is 0 Å². The minimum absolute atomic E-state index is 0.123. The number of carbonyl (C=O) groups excluding carboxylic acids is 2. The van der Waals surface area contributed by atoms with Crippen molar-refractivity contribution in [2.45, 2.75) is 27.2 Å². The van der Waals surface area contributed by atoms with E-state index in [-0.39, 0.29) is 16.9 Å². The van der Waals surface area contributed by atoms with Gasteiger partial charge in [0.25, 0.3) is 0 Å². The lowest BCUT2D eigenvalue weighted by Crippen LogP contribution is -2.26. The molecule has 1 unspecified atom stereocenters. The fourth-order valence-corrected chi connectivity index (χ4v) is 3.27. The highest BCUT2D eigenvalue weighted by Crippen LogP contribution is 2.31. The SMILES string of the molecule is CC(=O)SCC1CC(=O)N(c2c(C)cccc2C)C1. The summed E-state index contributed by atoms with van der Waals surface area (Å²) in [6.45, 7) is 6.37. The molecule has 2 rings (SSSR count). The van der Waals surface area contributed by atoms with Gasteiger partial charge in [0.1, 0.15) is 0 Å². The van der Waals surface area contributed by atoms with Gasteiger partial charge in [-0.2, -0.15) is 0 Å². The van der Waals surface area contributed by atoms with Crippen molar-refractivity contribution in [1.82, 2.24) is 0 Å². The Hall–Kier alpha value is -1.29. The lowest BCUT2D eigenvalue weighted by atomic mass is 10.1. The van der Waals surface area contributed by atoms with Crippen LogP contribution in [0.25, 0.3) is 0 Å². The Bertz CT molecular complexity index is 493. The topological polar surface area (TPSA) is 37.4 Å². The van der Waals surface area contributed by atoms with E-state index in [2.05, 4.69) is 0 Å². The number of hydrogen-bond acceptors (Lipinski definition) is 3. The molecule has 0 bridgehead atoms. The van der Waals surface area contributed by atoms with Crippen molar-refractivity contribution in [2.24, 2.45) is 5.92 Å². The van der Waals surface area contributed by atoms with E-state index < -0.39 is 0 Å². The largest absolute Gasteiger partial charge is 0.312 e. The molecular formula is C15H19NO2S. The number of hydrogen-bond donors (Lipinski definition) is 0. The molecule has 1 heterocycles. The lowest BCUT2D eigenvalue weighted by molar-refractivity contribution is -0.117. The van der Waals surface area contributed by atoms with Crippen molar-refractivity contribution in [3.8, 4) is 0 Å². The minimum atomic E-state index is 0.123. The molecule has 0 saturated carbocycles. The third-order valence-electron chi connectivity index (χ3n) is 3.44. The molecule has 0 aliphatic carbocycles. The molecule has 1 aromatic rings. The first-order valence-corrected chi connectivity index (χ1v) is 7.47. The number of para-hydroxylation sites is 1. The third-order valence-corrected chi connectivity index (χ3v) is 4.48. The number of nitrogens with zero attached hydrogens (tertiary/aromatic N) is 1. The summed E-state index contributed by atoms with van der Waals surface area (Å²) in [7, 11) is 0. The molecule has 1 saturated heterocycles. The van der Waals surface area contributed by atoms with Crippen LogP contribution in [-0.2, 0) is 9.59 Å². The maximum atomic E-state index is 12.2. The predicted molar refractivity (Wildman–Crippen MR) is 79.5 cm³/mol. The molecule has 19 heavy (non-hydrogen) atoms. The second kappa shape index (κ2) is 5.78. The van der Waals surface area contributed by atoms with Gasteiger partial charge in [-0.05, 0) is 30.9 Å². The Balaban J connectivity index is 2.14. The molecule has 0 spiro atoms. The van der Waals surface area contributed by atoms with E-state index in [1.165, 1.54) is 11.8 Å². The molecule has 3 nitrogen and oxygen atoms in total. The number of amides is 1. The monoisotopic (exact) mass is 277 g/mol. The highest BCUT2D eigenvalue weighted by atomic mass is 32.2. The second-order valence-corrected chi connectivity index (χ2v) is 6.31. The van der Waals surface area contributed by atoms with Crippen LogP contribution >= 0.6 is 11.8 Å². The molecular weight excluding hydrogens is 258 g/mol. The number of thioether (sulfide) groups is 1. The first kappa shape index (κ1) is 14.1. The van der Waals surface area contributed by atoms with E-state index in [1.807, 2.05) is 36.9 Å². The van der Waals surface area contributed by atoms with Crippen LogP contribution in [0.3, 0.4) is 0 Å². The fraction of sp³-hybridized carbons (Fsp3) is 0.467. The molecule has 1 fully saturated rings. The number of benzene rings is 1. The highest BCUT2D eigenvalue weighted by Gasteiger charge is 2.32. The quantitative estimate of drug-likeness (QED) is 0.852. The summed E-state index contributed by atoms with van der Waals surface area (Å²) < 4.78 is 0. The van der Waals surface area contributed by atoms with Gasteiger partial charge < -0.3 is 4.90 Å². The summed E-state index contributed by atoms with van der Waals surface area (Å²) in [5.74, 6) is 1.19. The first-order valence-electron chi connectivity index (χ1n) is 6.49. The van der Waals surface area contributed by atoms with Gasteiger partial charge in [-0.15, -0.1) is 0 Å². The number of rotatable bonds is 3. The van der Waals surface area contributed by atoms with Gasteiger partial charge in [0, 0.05) is 31.3 Å². The zero-order valence-corrected chi connectivity index (χ0v) is 12.4. The summed E-state index contributed by atoms with van der Waals surface area (Å²) in [6, 6.07) is 6.08. The zero-order valence-electron chi connectivity index (χ0n) is 11.6. The Kier molecular flexibility index (Phi) is 4.30. The minimum Gasteiger partial charge on any atom is -0.312 e. The molecule has 1 amide bonds.